The molecule has 8 heteroatoms. The van der Waals surface area contributed by atoms with E-state index in [1.54, 1.807) is 4.68 Å². The van der Waals surface area contributed by atoms with Gasteiger partial charge in [0.05, 0.1) is 11.3 Å². The van der Waals surface area contributed by atoms with Crippen molar-refractivity contribution < 1.29 is 4.79 Å². The van der Waals surface area contributed by atoms with Gasteiger partial charge in [0.2, 0.25) is 11.1 Å². The van der Waals surface area contributed by atoms with Crippen LogP contribution in [0.3, 0.4) is 0 Å². The first-order valence-corrected chi connectivity index (χ1v) is 8.15. The number of aromatic nitrogens is 4. The molecule has 1 amide bonds. The van der Waals surface area contributed by atoms with E-state index >= 15 is 0 Å². The summed E-state index contributed by atoms with van der Waals surface area (Å²) < 4.78 is 2.67. The number of tetrazole rings is 1. The molecule has 0 unspecified atom stereocenters. The van der Waals surface area contributed by atoms with Crippen LogP contribution in [0, 0.1) is 0 Å². The summed E-state index contributed by atoms with van der Waals surface area (Å²) >= 11 is 4.70. The number of amides is 1. The summed E-state index contributed by atoms with van der Waals surface area (Å²) in [6.07, 6.45) is 0. The second kappa shape index (κ2) is 7.04. The van der Waals surface area contributed by atoms with Gasteiger partial charge in [0.15, 0.2) is 0 Å². The van der Waals surface area contributed by atoms with Gasteiger partial charge in [-0.3, -0.25) is 4.79 Å². The molecule has 0 aliphatic rings. The third-order valence-corrected chi connectivity index (χ3v) is 4.29. The molecule has 0 aliphatic carbocycles. The van der Waals surface area contributed by atoms with Crippen molar-refractivity contribution in [2.24, 2.45) is 0 Å². The maximum absolute atomic E-state index is 12.2. The summed E-state index contributed by atoms with van der Waals surface area (Å²) in [4.78, 5) is 12.2. The van der Waals surface area contributed by atoms with E-state index in [9.17, 15) is 4.79 Å². The molecule has 6 nitrogen and oxygen atoms in total. The topological polar surface area (TPSA) is 72.7 Å². The van der Waals surface area contributed by atoms with Crippen molar-refractivity contribution in [1.29, 1.82) is 0 Å². The van der Waals surface area contributed by atoms with Crippen molar-refractivity contribution in [2.75, 3.05) is 5.32 Å². The van der Waals surface area contributed by atoms with Crippen LogP contribution in [-0.2, 0) is 4.79 Å². The number of nitrogens with one attached hydrogen (secondary N) is 1. The predicted octanol–water partition coefficient (Wildman–Crippen LogP) is 3.14. The quantitative estimate of drug-likeness (QED) is 0.819. The van der Waals surface area contributed by atoms with Crippen LogP contribution < -0.4 is 5.32 Å². The lowest BCUT2D eigenvalue weighted by molar-refractivity contribution is -0.115. The van der Waals surface area contributed by atoms with Gasteiger partial charge >= 0.3 is 0 Å². The van der Waals surface area contributed by atoms with Gasteiger partial charge in [-0.25, -0.2) is 4.68 Å². The average molecular weight is 370 g/mol. The van der Waals surface area contributed by atoms with E-state index in [1.807, 2.05) is 45.0 Å². The molecule has 2 aromatic rings. The van der Waals surface area contributed by atoms with E-state index in [0.717, 1.165) is 10.2 Å². The van der Waals surface area contributed by atoms with Gasteiger partial charge in [0, 0.05) is 10.2 Å². The number of hydrogen-bond acceptors (Lipinski definition) is 5. The molecular weight excluding hydrogens is 354 g/mol. The molecule has 1 atom stereocenters. The molecule has 0 spiro atoms. The second-order valence-corrected chi connectivity index (χ2v) is 6.98. The van der Waals surface area contributed by atoms with Crippen molar-refractivity contribution >= 4 is 39.3 Å². The fraction of sp³-hybridized carbons (Fsp3) is 0.385. The van der Waals surface area contributed by atoms with E-state index in [4.69, 9.17) is 0 Å². The van der Waals surface area contributed by atoms with Crippen LogP contribution >= 0.6 is 27.7 Å². The van der Waals surface area contributed by atoms with Gasteiger partial charge in [-0.15, -0.1) is 5.10 Å². The van der Waals surface area contributed by atoms with E-state index in [2.05, 4.69) is 36.8 Å². The number of rotatable bonds is 5. The first-order valence-electron chi connectivity index (χ1n) is 6.48. The molecule has 0 fully saturated rings. The summed E-state index contributed by atoms with van der Waals surface area (Å²) in [5.74, 6) is -0.0828. The Morgan fingerprint density at radius 2 is 1.95 bits per heavy atom. The summed E-state index contributed by atoms with van der Waals surface area (Å²) in [5.41, 5.74) is 0.763. The Balaban J connectivity index is 1.99. The van der Waals surface area contributed by atoms with Crippen LogP contribution in [0.1, 0.15) is 26.8 Å². The molecule has 21 heavy (non-hydrogen) atoms. The van der Waals surface area contributed by atoms with Crippen LogP contribution in [0.2, 0.25) is 0 Å². The number of carbonyl (C=O) groups excluding carboxylic acids is 1. The zero-order chi connectivity index (χ0) is 15.4. The van der Waals surface area contributed by atoms with Crippen LogP contribution in [0.4, 0.5) is 5.69 Å². The first-order chi connectivity index (χ1) is 9.97. The Hall–Kier alpha value is -1.41. The molecule has 1 aromatic carbocycles. The normalized spacial score (nSPS) is 12.4. The molecule has 1 aromatic heterocycles. The van der Waals surface area contributed by atoms with E-state index in [-0.39, 0.29) is 17.2 Å². The Kier molecular flexibility index (Phi) is 5.35. The highest BCUT2D eigenvalue weighted by Crippen LogP contribution is 2.23. The van der Waals surface area contributed by atoms with Gasteiger partial charge in [-0.1, -0.05) is 27.7 Å². The summed E-state index contributed by atoms with van der Waals surface area (Å²) in [6.45, 7) is 5.82. The molecular formula is C13H16BrN5OS. The van der Waals surface area contributed by atoms with Crippen LogP contribution in [0.25, 0.3) is 0 Å². The van der Waals surface area contributed by atoms with E-state index < -0.39 is 0 Å². The summed E-state index contributed by atoms with van der Waals surface area (Å²) in [7, 11) is 0. The Morgan fingerprint density at radius 1 is 1.29 bits per heavy atom. The highest BCUT2D eigenvalue weighted by atomic mass is 79.9. The minimum absolute atomic E-state index is 0.0828. The van der Waals surface area contributed by atoms with Gasteiger partial charge in [-0.05, 0) is 55.5 Å². The van der Waals surface area contributed by atoms with E-state index in [1.165, 1.54) is 11.8 Å². The summed E-state index contributed by atoms with van der Waals surface area (Å²) in [6, 6.07) is 7.61. The Morgan fingerprint density at radius 3 is 2.57 bits per heavy atom. The number of anilines is 1. The standard InChI is InChI=1S/C13H16BrN5OS/c1-8(2)19-13(16-17-18-19)21-9(3)12(20)15-11-6-4-10(14)5-7-11/h4-9H,1-3H3,(H,15,20)/t9-/m1/s1. The van der Waals surface area contributed by atoms with E-state index in [0.29, 0.717) is 5.16 Å². The Bertz CT molecular complexity index is 613. The van der Waals surface area contributed by atoms with Crippen molar-refractivity contribution in [3.8, 4) is 0 Å². The zero-order valence-corrected chi connectivity index (χ0v) is 14.3. The smallest absolute Gasteiger partial charge is 0.237 e. The highest BCUT2D eigenvalue weighted by molar-refractivity contribution is 9.10. The fourth-order valence-corrected chi connectivity index (χ4v) is 2.76. The Labute approximate surface area is 135 Å². The van der Waals surface area contributed by atoms with Gasteiger partial charge in [0.1, 0.15) is 0 Å². The third kappa shape index (κ3) is 4.28. The highest BCUT2D eigenvalue weighted by Gasteiger charge is 2.19. The average Bonchev–Trinajstić information content (AvgIpc) is 2.89. The number of nitrogens with zero attached hydrogens (tertiary/aromatic N) is 4. The van der Waals surface area contributed by atoms with Crippen LogP contribution in [0.5, 0.6) is 0 Å². The molecule has 0 aliphatic heterocycles. The van der Waals surface area contributed by atoms with Crippen molar-refractivity contribution in [2.45, 2.75) is 37.2 Å². The molecule has 1 N–H and O–H groups in total. The van der Waals surface area contributed by atoms with Crippen molar-refractivity contribution in [1.82, 2.24) is 20.2 Å². The van der Waals surface area contributed by atoms with Gasteiger partial charge in [-0.2, -0.15) is 0 Å². The van der Waals surface area contributed by atoms with Gasteiger partial charge < -0.3 is 5.32 Å². The minimum atomic E-state index is -0.294. The maximum Gasteiger partial charge on any atom is 0.237 e. The lowest BCUT2D eigenvalue weighted by atomic mass is 10.3. The molecule has 2 rings (SSSR count). The SMILES string of the molecule is CC(C)n1nnnc1S[C@H](C)C(=O)Nc1ccc(Br)cc1. The van der Waals surface area contributed by atoms with Crippen molar-refractivity contribution in [3.05, 3.63) is 28.7 Å². The lowest BCUT2D eigenvalue weighted by Crippen LogP contribution is -2.23. The zero-order valence-electron chi connectivity index (χ0n) is 11.9. The number of halogens is 1. The predicted molar refractivity (Wildman–Crippen MR) is 86.3 cm³/mol. The number of thioether (sulfide) groups is 1. The molecule has 1 heterocycles. The minimum Gasteiger partial charge on any atom is -0.325 e. The first kappa shape index (κ1) is 16.0. The van der Waals surface area contributed by atoms with Crippen LogP contribution in [-0.4, -0.2) is 31.4 Å². The molecule has 0 bridgehead atoms. The molecule has 0 radical (unpaired) electrons. The molecule has 0 saturated carbocycles. The van der Waals surface area contributed by atoms with Gasteiger partial charge in [0.25, 0.3) is 0 Å². The van der Waals surface area contributed by atoms with Crippen LogP contribution in [0.15, 0.2) is 33.9 Å². The maximum atomic E-state index is 12.2. The summed E-state index contributed by atoms with van der Waals surface area (Å²) in [5, 5.41) is 14.8. The lowest BCUT2D eigenvalue weighted by Gasteiger charge is -2.12. The monoisotopic (exact) mass is 369 g/mol. The largest absolute Gasteiger partial charge is 0.325 e. The molecule has 0 saturated heterocycles. The number of benzene rings is 1. The van der Waals surface area contributed by atoms with Crippen molar-refractivity contribution in [3.63, 3.8) is 0 Å². The fourth-order valence-electron chi connectivity index (χ4n) is 1.58. The second-order valence-electron chi connectivity index (χ2n) is 4.76. The molecule has 112 valence electrons. The number of carbonyl (C=O) groups is 1. The number of hydrogen-bond donors (Lipinski definition) is 1. The third-order valence-electron chi connectivity index (χ3n) is 2.71.